The van der Waals surface area contributed by atoms with E-state index in [4.69, 9.17) is 4.74 Å². The highest BCUT2D eigenvalue weighted by atomic mass is 16.5. The van der Waals surface area contributed by atoms with Crippen molar-refractivity contribution in [2.24, 2.45) is 57.8 Å². The summed E-state index contributed by atoms with van der Waals surface area (Å²) in [6.07, 6.45) is 7.51. The fraction of sp³-hybridized carbons (Fsp3) is 0.791. The number of esters is 1. The molecule has 4 fully saturated rings. The number of nitrogens with zero attached hydrogens (tertiary/aromatic N) is 3. The minimum Gasteiger partial charge on any atom is -0.481 e. The highest BCUT2D eigenvalue weighted by Gasteiger charge is 2.70. The van der Waals surface area contributed by atoms with Crippen LogP contribution in [0.4, 0.5) is 0 Å². The molecule has 1 aromatic heterocycles. The molecule has 1 aromatic rings. The van der Waals surface area contributed by atoms with Gasteiger partial charge in [0.05, 0.1) is 17.5 Å². The highest BCUT2D eigenvalue weighted by molar-refractivity contribution is 6.01. The van der Waals surface area contributed by atoms with E-state index >= 15 is 0 Å². The first-order valence-electron chi connectivity index (χ1n) is 20.1. The zero-order valence-electron chi connectivity index (χ0n) is 34.5. The Morgan fingerprint density at radius 1 is 0.943 bits per heavy atom. The summed E-state index contributed by atoms with van der Waals surface area (Å²) < 4.78 is 9.56. The van der Waals surface area contributed by atoms with Crippen LogP contribution in [0.15, 0.2) is 22.0 Å². The maximum Gasteiger partial charge on any atom is 0.309 e. The van der Waals surface area contributed by atoms with E-state index in [1.807, 2.05) is 11.7 Å². The molecule has 0 unspecified atom stereocenters. The van der Waals surface area contributed by atoms with Crippen molar-refractivity contribution in [3.63, 3.8) is 0 Å². The first-order valence-corrected chi connectivity index (χ1v) is 20.1. The lowest BCUT2D eigenvalue weighted by molar-refractivity contribution is -0.232. The molecule has 0 aliphatic heterocycles. The number of aliphatic carboxylic acids is 1. The molecular formula is C43H65N3O7. The van der Waals surface area contributed by atoms with Crippen molar-refractivity contribution < 1.29 is 29.0 Å². The first kappa shape index (κ1) is 39.5. The molecule has 294 valence electrons. The van der Waals surface area contributed by atoms with Gasteiger partial charge in [-0.05, 0) is 116 Å². The zero-order chi connectivity index (χ0) is 39.4. The third-order valence-corrected chi connectivity index (χ3v) is 16.3. The van der Waals surface area contributed by atoms with E-state index in [9.17, 15) is 29.1 Å². The second-order valence-electron chi connectivity index (χ2n) is 20.2. The molecule has 10 nitrogen and oxygen atoms in total. The van der Waals surface area contributed by atoms with Crippen LogP contribution in [0, 0.1) is 50.7 Å². The molecule has 4 saturated carbocycles. The summed E-state index contributed by atoms with van der Waals surface area (Å²) in [6, 6.07) is 1.71. The van der Waals surface area contributed by atoms with Gasteiger partial charge >= 0.3 is 11.9 Å². The van der Waals surface area contributed by atoms with Crippen molar-refractivity contribution in [1.29, 1.82) is 0 Å². The van der Waals surface area contributed by atoms with E-state index in [1.165, 1.54) is 15.2 Å². The number of rotatable bonds is 8. The van der Waals surface area contributed by atoms with E-state index in [0.29, 0.717) is 18.3 Å². The maximum atomic E-state index is 14.2. The molecule has 10 heteroatoms. The number of hydrogen-bond acceptors (Lipinski definition) is 6. The number of allylic oxidation sites excluding steroid dienone is 2. The van der Waals surface area contributed by atoms with Gasteiger partial charge in [-0.25, -0.2) is 4.68 Å². The Labute approximate surface area is 316 Å². The monoisotopic (exact) mass is 735 g/mol. The molecule has 0 radical (unpaired) electrons. The minimum atomic E-state index is -1.18. The van der Waals surface area contributed by atoms with E-state index in [-0.39, 0.29) is 69.8 Å². The van der Waals surface area contributed by atoms with Crippen LogP contribution in [-0.4, -0.2) is 63.2 Å². The van der Waals surface area contributed by atoms with Crippen molar-refractivity contribution in [3.05, 3.63) is 33.3 Å². The third kappa shape index (κ3) is 5.64. The third-order valence-electron chi connectivity index (χ3n) is 16.3. The van der Waals surface area contributed by atoms with E-state index in [1.54, 1.807) is 34.0 Å². The smallest absolute Gasteiger partial charge is 0.309 e. The number of carboxylic acid groups (broad SMARTS) is 1. The fourth-order valence-corrected chi connectivity index (χ4v) is 13.2. The molecule has 5 aliphatic rings. The Bertz CT molecular complexity index is 1810. The summed E-state index contributed by atoms with van der Waals surface area (Å²) >= 11 is 0. The SMILES string of the molecule is CC(C)C1=C2[C@H]3CC[C@@H]4[C@@]5(C)CC[C@H](OC(=O)CC(C)(C)C(=O)O)C(C)(C)[C@@H]5CC[C@@]4(C)[C@]3(C)CC[C@@]2(c2cc(=O)n(CC(=O)N(C)C)n2C)CC1=O. The lowest BCUT2D eigenvalue weighted by atomic mass is 9.33. The molecule has 5 aliphatic carbocycles. The summed E-state index contributed by atoms with van der Waals surface area (Å²) in [7, 11) is 5.27. The van der Waals surface area contributed by atoms with Gasteiger partial charge in [-0.3, -0.25) is 28.7 Å². The Kier molecular flexibility index (Phi) is 9.46. The molecule has 1 amide bonds. The topological polar surface area (TPSA) is 128 Å². The largest absolute Gasteiger partial charge is 0.481 e. The quantitative estimate of drug-likeness (QED) is 0.287. The summed E-state index contributed by atoms with van der Waals surface area (Å²) in [5.41, 5.74) is 0.845. The van der Waals surface area contributed by atoms with Crippen molar-refractivity contribution >= 4 is 23.6 Å². The number of aromatic nitrogens is 2. The number of carboxylic acids is 1. The molecule has 6 rings (SSSR count). The number of fused-ring (bicyclic) bond motifs is 7. The maximum absolute atomic E-state index is 14.2. The van der Waals surface area contributed by atoms with Crippen molar-refractivity contribution in [3.8, 4) is 0 Å². The van der Waals surface area contributed by atoms with Gasteiger partial charge in [-0.15, -0.1) is 0 Å². The van der Waals surface area contributed by atoms with Crippen LogP contribution in [0.25, 0.3) is 0 Å². The average molecular weight is 736 g/mol. The van der Waals surface area contributed by atoms with Crippen molar-refractivity contribution in [2.45, 2.75) is 145 Å². The van der Waals surface area contributed by atoms with Gasteiger partial charge < -0.3 is 14.7 Å². The van der Waals surface area contributed by atoms with Crippen LogP contribution in [-0.2, 0) is 42.9 Å². The molecule has 8 atom stereocenters. The zero-order valence-corrected chi connectivity index (χ0v) is 34.5. The normalized spacial score (nSPS) is 36.4. The molecule has 0 spiro atoms. The standard InChI is InChI=1S/C43H65N3O7/c1-25(2)35-27(47)22-43(30-21-32(48)46(45(30)12)24-33(49)44(10)11)20-19-41(8)26(36(35)43)13-14-29-40(7)17-16-31(53-34(50)23-38(3,4)37(51)52)39(5,6)28(40)15-18-42(29,41)9/h21,25-26,28-29,31H,13-20,22-24H2,1-12H3,(H,51,52)/t26-,28+,29-,31+,40+,41-,42-,43+/m1/s1. The number of carbonyl (C=O) groups excluding carboxylic acids is 3. The van der Waals surface area contributed by atoms with Crippen molar-refractivity contribution in [2.75, 3.05) is 14.1 Å². The van der Waals surface area contributed by atoms with Crippen LogP contribution in [0.3, 0.4) is 0 Å². The molecular weight excluding hydrogens is 670 g/mol. The van der Waals surface area contributed by atoms with Crippen molar-refractivity contribution in [1.82, 2.24) is 14.3 Å². The summed E-state index contributed by atoms with van der Waals surface area (Å²) in [4.78, 5) is 66.9. The van der Waals surface area contributed by atoms with Crippen LogP contribution in [0.5, 0.6) is 0 Å². The van der Waals surface area contributed by atoms with E-state index < -0.39 is 22.8 Å². The lowest BCUT2D eigenvalue weighted by Crippen LogP contribution is -2.66. The van der Waals surface area contributed by atoms with Gasteiger partial charge in [-0.1, -0.05) is 48.5 Å². The minimum absolute atomic E-state index is 0.00903. The van der Waals surface area contributed by atoms with E-state index in [2.05, 4.69) is 48.5 Å². The van der Waals surface area contributed by atoms with Crippen LogP contribution >= 0.6 is 0 Å². The predicted molar refractivity (Wildman–Crippen MR) is 203 cm³/mol. The summed E-state index contributed by atoms with van der Waals surface area (Å²) in [5, 5.41) is 9.62. The molecule has 1 heterocycles. The molecule has 0 bridgehead atoms. The highest BCUT2D eigenvalue weighted by Crippen LogP contribution is 2.76. The molecule has 53 heavy (non-hydrogen) atoms. The van der Waals surface area contributed by atoms with Gasteiger partial charge in [0.2, 0.25) is 5.91 Å². The Balaban J connectivity index is 1.35. The number of carbonyl (C=O) groups is 4. The second kappa shape index (κ2) is 12.7. The Morgan fingerprint density at radius 3 is 2.21 bits per heavy atom. The molecule has 1 N–H and O–H groups in total. The fourth-order valence-electron chi connectivity index (χ4n) is 13.2. The first-order chi connectivity index (χ1) is 24.4. The number of hydrogen-bond donors (Lipinski definition) is 1. The number of ether oxygens (including phenoxy) is 1. The average Bonchev–Trinajstić information content (AvgIpc) is 3.51. The van der Waals surface area contributed by atoms with Crippen LogP contribution in [0.1, 0.15) is 132 Å². The van der Waals surface area contributed by atoms with E-state index in [0.717, 1.165) is 62.6 Å². The summed E-state index contributed by atoms with van der Waals surface area (Å²) in [5.74, 6) is -0.329. The Hall–Kier alpha value is -3.17. The number of ketones is 1. The van der Waals surface area contributed by atoms with Crippen LogP contribution in [0.2, 0.25) is 0 Å². The molecule has 0 saturated heterocycles. The Morgan fingerprint density at radius 2 is 1.60 bits per heavy atom. The van der Waals surface area contributed by atoms with Gasteiger partial charge in [0, 0.05) is 44.5 Å². The summed E-state index contributed by atoms with van der Waals surface area (Å²) in [6.45, 7) is 19.4. The number of amides is 1. The van der Waals surface area contributed by atoms with Gasteiger partial charge in [0.25, 0.3) is 5.56 Å². The lowest BCUT2D eigenvalue weighted by Gasteiger charge is -2.72. The molecule has 0 aromatic carbocycles. The second-order valence-corrected chi connectivity index (χ2v) is 20.2. The van der Waals surface area contributed by atoms with Gasteiger partial charge in [0.15, 0.2) is 5.78 Å². The van der Waals surface area contributed by atoms with Crippen LogP contribution < -0.4 is 5.56 Å². The number of likely N-dealkylation sites (N-methyl/N-ethyl adjacent to an activating group) is 1. The van der Waals surface area contributed by atoms with Gasteiger partial charge in [-0.2, -0.15) is 0 Å². The number of Topliss-reactive ketones (excluding diaryl/α,β-unsaturated/α-hetero) is 1. The van der Waals surface area contributed by atoms with Gasteiger partial charge in [0.1, 0.15) is 12.6 Å². The predicted octanol–water partition coefficient (Wildman–Crippen LogP) is 6.92.